The maximum absolute atomic E-state index is 14.3. The van der Waals surface area contributed by atoms with Crippen molar-refractivity contribution in [3.63, 3.8) is 0 Å². The number of nitrogens with one attached hydrogen (secondary N) is 1. The normalized spacial score (nSPS) is 17.2. The minimum absolute atomic E-state index is 0.0364. The van der Waals surface area contributed by atoms with Gasteiger partial charge in [-0.1, -0.05) is 61.9 Å². The number of fused-ring (bicyclic) bond motifs is 1. The highest BCUT2D eigenvalue weighted by atomic mass is 16.3. The van der Waals surface area contributed by atoms with Gasteiger partial charge in [0.15, 0.2) is 12.2 Å². The van der Waals surface area contributed by atoms with Gasteiger partial charge in [-0.25, -0.2) is 14.6 Å². The van der Waals surface area contributed by atoms with Crippen molar-refractivity contribution in [3.05, 3.63) is 100 Å². The fraction of sp³-hybridized carbons (Fsp3) is 0.323. The first-order chi connectivity index (χ1) is 20.7. The number of rotatable bonds is 8. The Morgan fingerprint density at radius 1 is 1.02 bits per heavy atom. The molecule has 4 aromatic heterocycles. The van der Waals surface area contributed by atoms with Crippen molar-refractivity contribution in [1.82, 2.24) is 44.8 Å². The molecule has 7 rings (SSSR count). The van der Waals surface area contributed by atoms with E-state index in [0.29, 0.717) is 23.9 Å². The summed E-state index contributed by atoms with van der Waals surface area (Å²) >= 11 is 0. The fourth-order valence-corrected chi connectivity index (χ4v) is 6.34. The molecule has 0 unspecified atom stereocenters. The average molecular weight is 562 g/mol. The Kier molecular flexibility index (Phi) is 6.90. The van der Waals surface area contributed by atoms with E-state index in [1.54, 1.807) is 12.5 Å². The lowest BCUT2D eigenvalue weighted by Gasteiger charge is -2.29. The van der Waals surface area contributed by atoms with Crippen molar-refractivity contribution in [2.75, 3.05) is 0 Å². The van der Waals surface area contributed by atoms with E-state index in [4.69, 9.17) is 4.42 Å². The van der Waals surface area contributed by atoms with E-state index in [2.05, 4.69) is 72.9 Å². The van der Waals surface area contributed by atoms with Crippen LogP contribution in [0.4, 0.5) is 0 Å². The molecule has 1 aliphatic carbocycles. The van der Waals surface area contributed by atoms with Crippen LogP contribution in [-0.4, -0.2) is 44.8 Å². The third-order valence-electron chi connectivity index (χ3n) is 8.40. The Hall–Kier alpha value is -4.93. The predicted molar refractivity (Wildman–Crippen MR) is 156 cm³/mol. The van der Waals surface area contributed by atoms with Gasteiger partial charge in [0.05, 0.1) is 11.9 Å². The van der Waals surface area contributed by atoms with Gasteiger partial charge in [0, 0.05) is 29.5 Å². The van der Waals surface area contributed by atoms with Crippen molar-refractivity contribution in [1.29, 1.82) is 0 Å². The van der Waals surface area contributed by atoms with Gasteiger partial charge >= 0.3 is 0 Å². The quantitative estimate of drug-likeness (QED) is 0.269. The summed E-state index contributed by atoms with van der Waals surface area (Å²) in [6.07, 6.45) is 10.6. The Morgan fingerprint density at radius 3 is 2.55 bits per heavy atom. The van der Waals surface area contributed by atoms with E-state index in [1.807, 2.05) is 27.3 Å². The minimum Gasteiger partial charge on any atom is -0.448 e. The maximum Gasteiger partial charge on any atom is 0.259 e. The van der Waals surface area contributed by atoms with Crippen LogP contribution in [0, 0.1) is 0 Å². The number of benzene rings is 2. The van der Waals surface area contributed by atoms with E-state index in [0.717, 1.165) is 77.8 Å². The van der Waals surface area contributed by atoms with E-state index < -0.39 is 0 Å². The van der Waals surface area contributed by atoms with Crippen molar-refractivity contribution < 1.29 is 4.42 Å². The molecule has 1 fully saturated rings. The Morgan fingerprint density at radius 2 is 1.83 bits per heavy atom. The topological polar surface area (TPSA) is 133 Å². The molecule has 11 nitrogen and oxygen atoms in total. The lowest BCUT2D eigenvalue weighted by Crippen LogP contribution is -2.34. The molecule has 42 heavy (non-hydrogen) atoms. The molecule has 0 aliphatic heterocycles. The summed E-state index contributed by atoms with van der Waals surface area (Å²) in [6.45, 7) is 2.12. The third kappa shape index (κ3) is 4.70. The molecule has 0 spiro atoms. The maximum atomic E-state index is 14.3. The standard InChI is InChI=1S/C31H31N9O2/c1-2-5-27-26(16-20-8-10-21(11-9-20)24-6-3-4-7-25(24)29-35-37-38-36-29)30(41)39(31-33-18-34-40(27)31)23-14-12-22(13-15-23)28-17-32-19-42-28/h3-4,6-11,17-19,22-23H,2,5,12-16H2,1H3,(H,35,36,37,38)/t22-,23-. The summed E-state index contributed by atoms with van der Waals surface area (Å²) in [4.78, 5) is 22.9. The number of aromatic nitrogens is 9. The van der Waals surface area contributed by atoms with Crippen molar-refractivity contribution in [2.24, 2.45) is 0 Å². The molecule has 1 aliphatic rings. The van der Waals surface area contributed by atoms with Crippen LogP contribution in [0.25, 0.3) is 28.3 Å². The van der Waals surface area contributed by atoms with Crippen LogP contribution in [-0.2, 0) is 12.8 Å². The first kappa shape index (κ1) is 26.0. The number of aryl methyl sites for hydroxylation is 1. The summed E-state index contributed by atoms with van der Waals surface area (Å²) in [5, 5.41) is 19.0. The van der Waals surface area contributed by atoms with Crippen LogP contribution in [0.3, 0.4) is 0 Å². The van der Waals surface area contributed by atoms with Gasteiger partial charge in [-0.2, -0.15) is 10.1 Å². The molecule has 6 aromatic rings. The average Bonchev–Trinajstić information content (AvgIpc) is 3.84. The number of aromatic amines is 1. The van der Waals surface area contributed by atoms with Gasteiger partial charge < -0.3 is 4.42 Å². The molecule has 1 N–H and O–H groups in total. The molecule has 4 heterocycles. The van der Waals surface area contributed by atoms with Crippen LogP contribution in [0.5, 0.6) is 0 Å². The van der Waals surface area contributed by atoms with Crippen molar-refractivity contribution >= 4 is 5.78 Å². The summed E-state index contributed by atoms with van der Waals surface area (Å²) < 4.78 is 9.35. The van der Waals surface area contributed by atoms with Crippen LogP contribution in [0.2, 0.25) is 0 Å². The minimum atomic E-state index is 0.0364. The fourth-order valence-electron chi connectivity index (χ4n) is 6.34. The van der Waals surface area contributed by atoms with Crippen molar-refractivity contribution in [2.45, 2.75) is 63.8 Å². The number of tetrazole rings is 1. The largest absolute Gasteiger partial charge is 0.448 e. The molecule has 2 aromatic carbocycles. The number of oxazole rings is 1. The monoisotopic (exact) mass is 561 g/mol. The highest BCUT2D eigenvalue weighted by Gasteiger charge is 2.29. The number of H-pyrrole nitrogens is 1. The smallest absolute Gasteiger partial charge is 0.259 e. The van der Waals surface area contributed by atoms with Crippen molar-refractivity contribution in [3.8, 4) is 22.5 Å². The Labute approximate surface area is 241 Å². The zero-order chi connectivity index (χ0) is 28.5. The second kappa shape index (κ2) is 11.2. The first-order valence-corrected chi connectivity index (χ1v) is 14.5. The highest BCUT2D eigenvalue weighted by Crippen LogP contribution is 2.38. The Bertz CT molecular complexity index is 1850. The van der Waals surface area contributed by atoms with E-state index in [-0.39, 0.29) is 11.6 Å². The highest BCUT2D eigenvalue weighted by molar-refractivity contribution is 5.80. The van der Waals surface area contributed by atoms with Crippen LogP contribution in [0.15, 0.2) is 76.7 Å². The molecular formula is C31H31N9O2. The van der Waals surface area contributed by atoms with Gasteiger partial charge in [0.2, 0.25) is 5.78 Å². The van der Waals surface area contributed by atoms with Gasteiger partial charge in [-0.3, -0.25) is 9.36 Å². The summed E-state index contributed by atoms with van der Waals surface area (Å²) in [6, 6.07) is 16.5. The van der Waals surface area contributed by atoms with Gasteiger partial charge in [0.1, 0.15) is 12.1 Å². The summed E-state index contributed by atoms with van der Waals surface area (Å²) in [5.41, 5.74) is 5.83. The number of hydrogen-bond acceptors (Lipinski definition) is 8. The molecule has 0 atom stereocenters. The zero-order valence-corrected chi connectivity index (χ0v) is 23.3. The molecule has 0 bridgehead atoms. The Balaban J connectivity index is 1.22. The molecular weight excluding hydrogens is 530 g/mol. The molecule has 0 saturated heterocycles. The van der Waals surface area contributed by atoms with Gasteiger partial charge in [-0.05, 0) is 59.2 Å². The SMILES string of the molecule is CCCc1c(Cc2ccc(-c3ccccc3-c3nnn[nH]3)cc2)c(=O)n([C@H]2CC[C@H](c3cnco3)CC2)c2ncnn12. The van der Waals surface area contributed by atoms with Gasteiger partial charge in [-0.15, -0.1) is 5.10 Å². The zero-order valence-electron chi connectivity index (χ0n) is 23.3. The second-order valence-electron chi connectivity index (χ2n) is 10.9. The number of nitrogens with zero attached hydrogens (tertiary/aromatic N) is 8. The molecule has 1 saturated carbocycles. The molecule has 0 amide bonds. The number of hydrogen-bond donors (Lipinski definition) is 1. The van der Waals surface area contributed by atoms with E-state index >= 15 is 0 Å². The first-order valence-electron chi connectivity index (χ1n) is 14.5. The lowest BCUT2D eigenvalue weighted by molar-refractivity contribution is 0.294. The third-order valence-corrected chi connectivity index (χ3v) is 8.40. The van der Waals surface area contributed by atoms with Gasteiger partial charge in [0.25, 0.3) is 5.56 Å². The van der Waals surface area contributed by atoms with Crippen LogP contribution >= 0.6 is 0 Å². The molecule has 0 radical (unpaired) electrons. The molecule has 11 heteroatoms. The summed E-state index contributed by atoms with van der Waals surface area (Å²) in [5.74, 6) is 2.51. The van der Waals surface area contributed by atoms with Crippen LogP contribution in [0.1, 0.15) is 73.6 Å². The molecule has 212 valence electrons. The van der Waals surface area contributed by atoms with E-state index in [9.17, 15) is 4.79 Å². The predicted octanol–water partition coefficient (Wildman–Crippen LogP) is 5.17. The van der Waals surface area contributed by atoms with Crippen LogP contribution < -0.4 is 5.56 Å². The second-order valence-corrected chi connectivity index (χ2v) is 10.9. The lowest BCUT2D eigenvalue weighted by atomic mass is 9.84. The summed E-state index contributed by atoms with van der Waals surface area (Å²) in [7, 11) is 0. The van der Waals surface area contributed by atoms with E-state index in [1.165, 1.54) is 6.39 Å².